The van der Waals surface area contributed by atoms with Crippen molar-refractivity contribution in [1.82, 2.24) is 0 Å². The molecular formula is H3AsO4Tl. The predicted molar refractivity (Wildman–Crippen MR) is 18.9 cm³/mol. The van der Waals surface area contributed by atoms with Crippen LogP contribution >= 0.6 is 0 Å². The molecule has 0 heterocycles. The minimum Gasteiger partial charge on any atom is 0 e. The zero-order valence-electron chi connectivity index (χ0n) is 2.77. The van der Waals surface area contributed by atoms with E-state index in [0.29, 0.717) is 0 Å². The topological polar surface area (TPSA) is 77.8 Å². The van der Waals surface area contributed by atoms with E-state index in [1.807, 2.05) is 0 Å². The van der Waals surface area contributed by atoms with E-state index < -0.39 is 14.5 Å². The molecule has 0 rings (SSSR count). The molecule has 0 bridgehead atoms. The minimum atomic E-state index is -5.12. The van der Waals surface area contributed by atoms with Crippen LogP contribution < -0.4 is 0 Å². The Balaban J connectivity index is 0. The van der Waals surface area contributed by atoms with Crippen LogP contribution in [-0.2, 0) is 3.74 Å². The van der Waals surface area contributed by atoms with E-state index in [1.54, 1.807) is 0 Å². The quantitative estimate of drug-likeness (QED) is 0.422. The molecule has 0 atom stereocenters. The molecule has 0 aromatic heterocycles. The summed E-state index contributed by atoms with van der Waals surface area (Å²) in [5.41, 5.74) is 0. The van der Waals surface area contributed by atoms with Gasteiger partial charge in [-0.3, -0.25) is 0 Å². The molecule has 1 radical (unpaired) electrons. The molecule has 0 amide bonds. The summed E-state index contributed by atoms with van der Waals surface area (Å²) in [5.74, 6) is 0. The maximum absolute atomic E-state index is 8.94. The third-order valence-corrected chi connectivity index (χ3v) is 0. The van der Waals surface area contributed by atoms with E-state index in [2.05, 4.69) is 0 Å². The zero-order chi connectivity index (χ0) is 4.50. The summed E-state index contributed by atoms with van der Waals surface area (Å²) in [4.78, 5) is 0. The first-order chi connectivity index (χ1) is 2.00. The van der Waals surface area contributed by atoms with Gasteiger partial charge in [0.2, 0.25) is 0 Å². The molecule has 4 nitrogen and oxygen atoms in total. The molecule has 0 unspecified atom stereocenters. The first-order valence-electron chi connectivity index (χ1n) is 0.783. The molecule has 3 N–H and O–H groups in total. The Morgan fingerprint density at radius 3 is 1.17 bits per heavy atom. The summed E-state index contributed by atoms with van der Waals surface area (Å²) in [6, 6.07) is 0. The summed E-state index contributed by atoms with van der Waals surface area (Å²) in [6.45, 7) is 0. The van der Waals surface area contributed by atoms with Crippen LogP contribution in [0.15, 0.2) is 0 Å². The molecule has 6 heavy (non-hydrogen) atoms. The van der Waals surface area contributed by atoms with E-state index in [0.717, 1.165) is 0 Å². The van der Waals surface area contributed by atoms with Crippen molar-refractivity contribution in [3.05, 3.63) is 0 Å². The van der Waals surface area contributed by atoms with Crippen molar-refractivity contribution in [3.63, 3.8) is 0 Å². The normalized spacial score (nSPS) is 9.83. The molecule has 0 aromatic rings. The molecule has 0 saturated carbocycles. The fourth-order valence-electron chi connectivity index (χ4n) is 0. The summed E-state index contributed by atoms with van der Waals surface area (Å²) >= 11 is -5.12. The smallest absolute Gasteiger partial charge is 0 e. The van der Waals surface area contributed by atoms with E-state index in [4.69, 9.17) is 16.0 Å². The van der Waals surface area contributed by atoms with Crippen molar-refractivity contribution in [2.45, 2.75) is 0 Å². The summed E-state index contributed by atoms with van der Waals surface area (Å²) in [6.07, 6.45) is 0. The standard InChI is InChI=1S/AsH3O4.Tl/c2-1(3,4)5;/h(H3,2,3,4,5);. The van der Waals surface area contributed by atoms with Crippen molar-refractivity contribution in [1.29, 1.82) is 0 Å². The van der Waals surface area contributed by atoms with E-state index >= 15 is 0 Å². The van der Waals surface area contributed by atoms with Gasteiger partial charge in [0.05, 0.1) is 0 Å². The maximum atomic E-state index is 8.94. The zero-order valence-corrected chi connectivity index (χ0v) is 9.14. The van der Waals surface area contributed by atoms with Gasteiger partial charge in [-0.25, -0.2) is 0 Å². The van der Waals surface area contributed by atoms with Gasteiger partial charge in [-0.2, -0.15) is 0 Å². The van der Waals surface area contributed by atoms with Gasteiger partial charge >= 0.3 is 30.5 Å². The number of hydrogen-bond donors (Lipinski definition) is 3. The third-order valence-electron chi connectivity index (χ3n) is 0. The molecule has 35 valence electrons. The van der Waals surface area contributed by atoms with E-state index in [1.165, 1.54) is 0 Å². The molecule has 0 aliphatic carbocycles. The molecule has 0 aliphatic rings. The van der Waals surface area contributed by atoms with Crippen molar-refractivity contribution < 1.29 is 16.0 Å². The molecule has 0 aliphatic heterocycles. The van der Waals surface area contributed by atoms with Crippen LogP contribution in [0.4, 0.5) is 0 Å². The van der Waals surface area contributed by atoms with Gasteiger partial charge in [-0.1, -0.05) is 0 Å². The average Bonchev–Trinajstić information content (AvgIpc) is 0.722. The van der Waals surface area contributed by atoms with Crippen molar-refractivity contribution in [3.8, 4) is 0 Å². The van der Waals surface area contributed by atoms with Crippen LogP contribution in [0, 0.1) is 0 Å². The molecule has 0 saturated heterocycles. The molecule has 0 spiro atoms. The van der Waals surface area contributed by atoms with Crippen LogP contribution in [0.2, 0.25) is 0 Å². The fourth-order valence-corrected chi connectivity index (χ4v) is 0. The monoisotopic (exact) mass is 347 g/mol. The Kier molecular flexibility index (Phi) is 5.44. The first kappa shape index (κ1) is 10.2. The van der Waals surface area contributed by atoms with Gasteiger partial charge in [-0.05, 0) is 0 Å². The van der Waals surface area contributed by atoms with Gasteiger partial charge in [0.25, 0.3) is 0 Å². The second-order valence-corrected chi connectivity index (χ2v) is 2.67. The summed E-state index contributed by atoms with van der Waals surface area (Å²) in [7, 11) is 0. The largest absolute Gasteiger partial charge is 0 e. The molecule has 6 heteroatoms. The van der Waals surface area contributed by atoms with E-state index in [-0.39, 0.29) is 27.3 Å². The maximum Gasteiger partial charge on any atom is 0 e. The summed E-state index contributed by atoms with van der Waals surface area (Å²) < 4.78 is 30.7. The summed E-state index contributed by atoms with van der Waals surface area (Å²) in [5, 5.41) is 0. The Labute approximate surface area is 57.7 Å². The Bertz CT molecular complexity index is 53.7. The molecular weight excluding hydrogens is 343 g/mol. The van der Waals surface area contributed by atoms with Gasteiger partial charge in [0.15, 0.2) is 0 Å². The van der Waals surface area contributed by atoms with Gasteiger partial charge in [0, 0.05) is 27.3 Å². The SMILES string of the molecule is O=[As](O)(O)O.[Tl]. The van der Waals surface area contributed by atoms with Crippen LogP contribution in [0.25, 0.3) is 0 Å². The van der Waals surface area contributed by atoms with Gasteiger partial charge in [0.1, 0.15) is 0 Å². The Morgan fingerprint density at radius 1 is 1.17 bits per heavy atom. The van der Waals surface area contributed by atoms with Crippen LogP contribution in [-0.4, -0.2) is 54.1 Å². The predicted octanol–water partition coefficient (Wildman–Crippen LogP) is -2.55. The van der Waals surface area contributed by atoms with Crippen molar-refractivity contribution >= 4 is 41.8 Å². The third kappa shape index (κ3) is 66.3. The molecule has 0 aromatic carbocycles. The second kappa shape index (κ2) is 3.20. The van der Waals surface area contributed by atoms with Crippen LogP contribution in [0.5, 0.6) is 0 Å². The van der Waals surface area contributed by atoms with Gasteiger partial charge in [-0.15, -0.1) is 0 Å². The number of hydrogen-bond acceptors (Lipinski definition) is 1. The van der Waals surface area contributed by atoms with Gasteiger partial charge < -0.3 is 0 Å². The van der Waals surface area contributed by atoms with Crippen molar-refractivity contribution in [2.75, 3.05) is 0 Å². The fraction of sp³-hybridized carbons (Fsp3) is 0. The first-order valence-corrected chi connectivity index (χ1v) is 4.07. The molecule has 0 fully saturated rings. The Morgan fingerprint density at radius 2 is 1.17 bits per heavy atom. The second-order valence-electron chi connectivity index (χ2n) is 0.513. The Hall–Kier alpha value is 1.16. The number of rotatable bonds is 0. The van der Waals surface area contributed by atoms with Crippen LogP contribution in [0.1, 0.15) is 0 Å². The average molecular weight is 346 g/mol. The van der Waals surface area contributed by atoms with E-state index in [9.17, 15) is 0 Å². The minimum absolute atomic E-state index is 0. The van der Waals surface area contributed by atoms with Crippen molar-refractivity contribution in [2.24, 2.45) is 0 Å². The van der Waals surface area contributed by atoms with Crippen LogP contribution in [0.3, 0.4) is 0 Å².